The van der Waals surface area contributed by atoms with Crippen LogP contribution in [0.5, 0.6) is 0 Å². The Morgan fingerprint density at radius 3 is 2.44 bits per heavy atom. The predicted octanol–water partition coefficient (Wildman–Crippen LogP) is 2.39. The fourth-order valence-electron chi connectivity index (χ4n) is 4.45. The third-order valence-corrected chi connectivity index (χ3v) is 6.74. The Morgan fingerprint density at radius 1 is 1.08 bits per heavy atom. The van der Waals surface area contributed by atoms with Crippen LogP contribution in [0.15, 0.2) is 18.2 Å². The van der Waals surface area contributed by atoms with Crippen molar-refractivity contribution < 1.29 is 33.4 Å². The van der Waals surface area contributed by atoms with E-state index in [4.69, 9.17) is 9.47 Å². The van der Waals surface area contributed by atoms with Gasteiger partial charge in [0.25, 0.3) is 11.8 Å². The summed E-state index contributed by atoms with van der Waals surface area (Å²) in [6, 6.07) is 3.95. The Hall–Kier alpha value is -3.31. The van der Waals surface area contributed by atoms with E-state index in [1.165, 1.54) is 0 Å². The van der Waals surface area contributed by atoms with Crippen LogP contribution in [0.4, 0.5) is 5.69 Å². The number of ether oxygens (including phenoxy) is 2. The standard InChI is InChI=1S/C28H40N4O7/c1-17(2)38-16-23(34)29-13-11-28(5,6)39-14-12-27(3,4)31-18-7-8-19-20(15-18)26(37)32(25(19)36)21-9-10-22(33)30-24(21)35/h7-8,15,17,21,31H,9-14,16H2,1-6H3,(H,29,34)(H,30,33,35). The minimum atomic E-state index is -0.995. The fraction of sp³-hybridized carbons (Fsp3) is 0.607. The van der Waals surface area contributed by atoms with E-state index in [2.05, 4.69) is 16.0 Å². The zero-order valence-corrected chi connectivity index (χ0v) is 23.6. The lowest BCUT2D eigenvalue weighted by atomic mass is 9.99. The lowest BCUT2D eigenvalue weighted by Crippen LogP contribution is -2.54. The molecule has 1 saturated heterocycles. The Labute approximate surface area is 229 Å². The van der Waals surface area contributed by atoms with Gasteiger partial charge in [0.2, 0.25) is 17.7 Å². The number of hydrogen-bond donors (Lipinski definition) is 3. The Balaban J connectivity index is 1.51. The van der Waals surface area contributed by atoms with Gasteiger partial charge >= 0.3 is 0 Å². The van der Waals surface area contributed by atoms with Crippen molar-refractivity contribution in [3.8, 4) is 0 Å². The highest BCUT2D eigenvalue weighted by atomic mass is 16.5. The second-order valence-corrected chi connectivity index (χ2v) is 11.5. The summed E-state index contributed by atoms with van der Waals surface area (Å²) < 4.78 is 11.4. The van der Waals surface area contributed by atoms with Crippen LogP contribution in [-0.2, 0) is 23.9 Å². The second kappa shape index (κ2) is 12.3. The summed E-state index contributed by atoms with van der Waals surface area (Å²) in [4.78, 5) is 62.5. The molecule has 11 nitrogen and oxygen atoms in total. The molecular weight excluding hydrogens is 504 g/mol. The first-order valence-corrected chi connectivity index (χ1v) is 13.4. The van der Waals surface area contributed by atoms with Crippen LogP contribution in [0.3, 0.4) is 0 Å². The number of carbonyl (C=O) groups excluding carboxylic acids is 5. The fourth-order valence-corrected chi connectivity index (χ4v) is 4.45. The van der Waals surface area contributed by atoms with E-state index in [1.807, 2.05) is 41.5 Å². The van der Waals surface area contributed by atoms with Gasteiger partial charge in [0.05, 0.1) is 22.8 Å². The molecule has 2 heterocycles. The van der Waals surface area contributed by atoms with Crippen LogP contribution in [0.2, 0.25) is 0 Å². The van der Waals surface area contributed by atoms with Crippen LogP contribution in [0, 0.1) is 0 Å². The molecule has 0 radical (unpaired) electrons. The molecule has 2 aliphatic heterocycles. The van der Waals surface area contributed by atoms with E-state index in [9.17, 15) is 24.0 Å². The van der Waals surface area contributed by atoms with E-state index in [1.54, 1.807) is 18.2 Å². The van der Waals surface area contributed by atoms with Gasteiger partial charge in [-0.15, -0.1) is 0 Å². The van der Waals surface area contributed by atoms with Crippen molar-refractivity contribution in [3.63, 3.8) is 0 Å². The van der Waals surface area contributed by atoms with Gasteiger partial charge in [0.15, 0.2) is 0 Å². The lowest BCUT2D eigenvalue weighted by Gasteiger charge is -2.31. The number of hydrogen-bond acceptors (Lipinski definition) is 8. The van der Waals surface area contributed by atoms with E-state index < -0.39 is 40.8 Å². The average molecular weight is 545 g/mol. The predicted molar refractivity (Wildman–Crippen MR) is 144 cm³/mol. The van der Waals surface area contributed by atoms with Crippen LogP contribution < -0.4 is 16.0 Å². The first-order valence-electron chi connectivity index (χ1n) is 13.4. The number of piperidine rings is 1. The summed E-state index contributed by atoms with van der Waals surface area (Å²) in [6.45, 7) is 12.7. The molecule has 0 bridgehead atoms. The summed E-state index contributed by atoms with van der Waals surface area (Å²) in [6.07, 6.45) is 1.48. The molecule has 0 saturated carbocycles. The largest absolute Gasteiger partial charge is 0.380 e. The second-order valence-electron chi connectivity index (χ2n) is 11.5. The van der Waals surface area contributed by atoms with E-state index in [-0.39, 0.29) is 42.6 Å². The summed E-state index contributed by atoms with van der Waals surface area (Å²) in [5, 5.41) is 8.44. The van der Waals surface area contributed by atoms with Crippen molar-refractivity contribution in [2.24, 2.45) is 0 Å². The molecule has 1 aromatic carbocycles. The van der Waals surface area contributed by atoms with Gasteiger partial charge in [-0.1, -0.05) is 0 Å². The van der Waals surface area contributed by atoms with Crippen LogP contribution in [0.25, 0.3) is 0 Å². The van der Waals surface area contributed by atoms with Crippen molar-refractivity contribution >= 4 is 35.2 Å². The zero-order chi connectivity index (χ0) is 29.0. The SMILES string of the molecule is CC(C)OCC(=O)NCCC(C)(C)OCCC(C)(C)Nc1ccc2c(c1)C(=O)N(C1CCC(=O)NC1=O)C2=O. The Kier molecular flexibility index (Phi) is 9.50. The molecule has 0 aliphatic carbocycles. The van der Waals surface area contributed by atoms with Crippen LogP contribution in [0.1, 0.15) is 87.9 Å². The molecule has 3 N–H and O–H groups in total. The van der Waals surface area contributed by atoms with Crippen molar-refractivity contribution in [1.29, 1.82) is 0 Å². The van der Waals surface area contributed by atoms with Gasteiger partial charge < -0.3 is 20.1 Å². The van der Waals surface area contributed by atoms with Gasteiger partial charge in [-0.3, -0.25) is 34.2 Å². The maximum atomic E-state index is 13.1. The number of nitrogens with one attached hydrogen (secondary N) is 3. The van der Waals surface area contributed by atoms with Gasteiger partial charge in [-0.05, 0) is 79.0 Å². The maximum absolute atomic E-state index is 13.1. The highest BCUT2D eigenvalue weighted by Gasteiger charge is 2.44. The van der Waals surface area contributed by atoms with Crippen molar-refractivity contribution in [3.05, 3.63) is 29.3 Å². The van der Waals surface area contributed by atoms with Gasteiger partial charge in [0.1, 0.15) is 12.6 Å². The number of rotatable bonds is 13. The molecule has 2 aliphatic rings. The van der Waals surface area contributed by atoms with Crippen molar-refractivity contribution in [2.45, 2.75) is 90.5 Å². The minimum Gasteiger partial charge on any atom is -0.380 e. The average Bonchev–Trinajstić information content (AvgIpc) is 3.06. The Bertz CT molecular complexity index is 1130. The third-order valence-electron chi connectivity index (χ3n) is 6.74. The minimum absolute atomic E-state index is 0.000186. The van der Waals surface area contributed by atoms with E-state index in [0.29, 0.717) is 31.7 Å². The molecule has 1 fully saturated rings. The molecule has 5 amide bonds. The monoisotopic (exact) mass is 544 g/mol. The van der Waals surface area contributed by atoms with Crippen LogP contribution in [-0.4, -0.2) is 77.5 Å². The highest BCUT2D eigenvalue weighted by Crippen LogP contribution is 2.31. The molecule has 3 rings (SSSR count). The summed E-state index contributed by atoms with van der Waals surface area (Å²) in [5.74, 6) is -2.27. The van der Waals surface area contributed by atoms with Crippen molar-refractivity contribution in [1.82, 2.24) is 15.5 Å². The summed E-state index contributed by atoms with van der Waals surface area (Å²) in [5.41, 5.74) is 0.282. The first-order chi connectivity index (χ1) is 18.2. The number of nitrogens with zero attached hydrogens (tertiary/aromatic N) is 1. The van der Waals surface area contributed by atoms with Gasteiger partial charge in [-0.25, -0.2) is 0 Å². The maximum Gasteiger partial charge on any atom is 0.262 e. The number of anilines is 1. The molecule has 0 spiro atoms. The molecule has 1 unspecified atom stereocenters. The smallest absolute Gasteiger partial charge is 0.262 e. The van der Waals surface area contributed by atoms with E-state index in [0.717, 1.165) is 4.90 Å². The zero-order valence-electron chi connectivity index (χ0n) is 23.6. The molecule has 11 heteroatoms. The number of amides is 5. The number of fused-ring (bicyclic) bond motifs is 1. The molecule has 0 aromatic heterocycles. The number of benzene rings is 1. The molecule has 1 aromatic rings. The third kappa shape index (κ3) is 8.09. The molecule has 214 valence electrons. The summed E-state index contributed by atoms with van der Waals surface area (Å²) >= 11 is 0. The normalized spacial score (nSPS) is 17.9. The quantitative estimate of drug-likeness (QED) is 0.321. The topological polar surface area (TPSA) is 143 Å². The summed E-state index contributed by atoms with van der Waals surface area (Å²) in [7, 11) is 0. The van der Waals surface area contributed by atoms with Crippen LogP contribution >= 0.6 is 0 Å². The van der Waals surface area contributed by atoms with Gasteiger partial charge in [-0.2, -0.15) is 0 Å². The van der Waals surface area contributed by atoms with Crippen molar-refractivity contribution in [2.75, 3.05) is 25.1 Å². The molecule has 1 atom stereocenters. The van der Waals surface area contributed by atoms with Gasteiger partial charge in [0, 0.05) is 30.8 Å². The molecular formula is C28H40N4O7. The first kappa shape index (κ1) is 30.2. The molecule has 39 heavy (non-hydrogen) atoms. The number of imide groups is 2. The lowest BCUT2D eigenvalue weighted by molar-refractivity contribution is -0.136. The number of carbonyl (C=O) groups is 5. The van der Waals surface area contributed by atoms with E-state index >= 15 is 0 Å². The highest BCUT2D eigenvalue weighted by molar-refractivity contribution is 6.23. The Morgan fingerprint density at radius 2 is 1.77 bits per heavy atom.